The molecular weight excluding hydrogens is 409 g/mol. The highest BCUT2D eigenvalue weighted by Gasteiger charge is 2.17. The van der Waals surface area contributed by atoms with E-state index in [0.717, 1.165) is 0 Å². The molecule has 0 aliphatic rings. The molecule has 0 aliphatic heterocycles. The largest absolute Gasteiger partial charge is 0.465 e. The summed E-state index contributed by atoms with van der Waals surface area (Å²) in [4.78, 5) is 47.4. The first-order chi connectivity index (χ1) is 13.3. The van der Waals surface area contributed by atoms with E-state index in [0.29, 0.717) is 5.02 Å². The molecule has 3 amide bonds. The Morgan fingerprint density at radius 3 is 2.32 bits per heavy atom. The van der Waals surface area contributed by atoms with Crippen molar-refractivity contribution in [2.45, 2.75) is 0 Å². The summed E-state index contributed by atoms with van der Waals surface area (Å²) < 4.78 is 4.63. The van der Waals surface area contributed by atoms with E-state index in [1.165, 1.54) is 37.4 Å². The molecule has 0 saturated heterocycles. The second-order valence-electron chi connectivity index (χ2n) is 5.35. The number of nitrogens with one attached hydrogen (secondary N) is 3. The Balaban J connectivity index is 1.90. The molecular formula is C18H15Cl2N3O5. The van der Waals surface area contributed by atoms with Crippen molar-refractivity contribution in [1.29, 1.82) is 0 Å². The molecule has 2 rings (SSSR count). The number of esters is 1. The molecule has 3 N–H and O–H groups in total. The van der Waals surface area contributed by atoms with Crippen LogP contribution in [-0.4, -0.2) is 37.3 Å². The highest BCUT2D eigenvalue weighted by atomic mass is 35.5. The van der Waals surface area contributed by atoms with Crippen LogP contribution in [0.5, 0.6) is 0 Å². The number of halogens is 2. The van der Waals surface area contributed by atoms with Crippen LogP contribution in [-0.2, 0) is 19.1 Å². The summed E-state index contributed by atoms with van der Waals surface area (Å²) >= 11 is 11.6. The molecule has 0 radical (unpaired) electrons. The predicted molar refractivity (Wildman–Crippen MR) is 105 cm³/mol. The van der Waals surface area contributed by atoms with Crippen LogP contribution in [0.4, 0.5) is 11.4 Å². The summed E-state index contributed by atoms with van der Waals surface area (Å²) in [6.07, 6.45) is 0. The standard InChI is InChI=1S/C18H15Cl2N3O5/c1-28-18(27)11-4-2-3-5-14(11)23-15(24)9-21-16(25)17(26)22-10-6-7-12(19)13(20)8-10/h2-8H,9H2,1H3,(H,21,25)(H,22,26)(H,23,24). The van der Waals surface area contributed by atoms with Gasteiger partial charge in [-0.05, 0) is 30.3 Å². The van der Waals surface area contributed by atoms with Crippen molar-refractivity contribution in [2.75, 3.05) is 24.3 Å². The van der Waals surface area contributed by atoms with Crippen LogP contribution in [0.15, 0.2) is 42.5 Å². The summed E-state index contributed by atoms with van der Waals surface area (Å²) in [5.74, 6) is -3.27. The van der Waals surface area contributed by atoms with Gasteiger partial charge in [-0.3, -0.25) is 14.4 Å². The van der Waals surface area contributed by atoms with E-state index < -0.39 is 30.2 Å². The quantitative estimate of drug-likeness (QED) is 0.504. The third-order valence-electron chi connectivity index (χ3n) is 3.40. The average Bonchev–Trinajstić information content (AvgIpc) is 2.68. The average molecular weight is 424 g/mol. The van der Waals surface area contributed by atoms with Crippen LogP contribution in [0.25, 0.3) is 0 Å². The van der Waals surface area contributed by atoms with Crippen molar-refractivity contribution in [3.8, 4) is 0 Å². The summed E-state index contributed by atoms with van der Waals surface area (Å²) in [6.45, 7) is -0.483. The van der Waals surface area contributed by atoms with Crippen LogP contribution >= 0.6 is 23.2 Å². The van der Waals surface area contributed by atoms with Gasteiger partial charge in [-0.25, -0.2) is 4.79 Å². The normalized spacial score (nSPS) is 9.96. The van der Waals surface area contributed by atoms with Gasteiger partial charge in [0.1, 0.15) is 0 Å². The highest BCUT2D eigenvalue weighted by Crippen LogP contribution is 2.24. The van der Waals surface area contributed by atoms with Gasteiger partial charge in [0.15, 0.2) is 0 Å². The Bertz CT molecular complexity index is 933. The van der Waals surface area contributed by atoms with Gasteiger partial charge in [0, 0.05) is 5.69 Å². The summed E-state index contributed by atoms with van der Waals surface area (Å²) in [5.41, 5.74) is 0.641. The van der Waals surface area contributed by atoms with E-state index in [2.05, 4.69) is 20.7 Å². The molecule has 10 heteroatoms. The molecule has 0 saturated carbocycles. The smallest absolute Gasteiger partial charge is 0.339 e. The van der Waals surface area contributed by atoms with E-state index in [-0.39, 0.29) is 22.0 Å². The van der Waals surface area contributed by atoms with Gasteiger partial charge in [-0.1, -0.05) is 35.3 Å². The number of carbonyl (C=O) groups is 4. The summed E-state index contributed by atoms with van der Waals surface area (Å²) in [5, 5.41) is 7.48. The van der Waals surface area contributed by atoms with Crippen molar-refractivity contribution in [1.82, 2.24) is 5.32 Å². The number of benzene rings is 2. The van der Waals surface area contributed by atoms with Crippen molar-refractivity contribution in [3.05, 3.63) is 58.1 Å². The van der Waals surface area contributed by atoms with Gasteiger partial charge in [0.2, 0.25) is 5.91 Å². The van der Waals surface area contributed by atoms with Crippen LogP contribution in [0.2, 0.25) is 10.0 Å². The molecule has 0 atom stereocenters. The molecule has 8 nitrogen and oxygen atoms in total. The zero-order chi connectivity index (χ0) is 20.7. The Kier molecular flexibility index (Phi) is 7.36. The van der Waals surface area contributed by atoms with Crippen LogP contribution in [0, 0.1) is 0 Å². The molecule has 0 aromatic heterocycles. The molecule has 0 heterocycles. The maximum atomic E-state index is 12.0. The SMILES string of the molecule is COC(=O)c1ccccc1NC(=O)CNC(=O)C(=O)Nc1ccc(Cl)c(Cl)c1. The molecule has 28 heavy (non-hydrogen) atoms. The first-order valence-corrected chi connectivity index (χ1v) is 8.59. The minimum absolute atomic E-state index is 0.155. The van der Waals surface area contributed by atoms with Crippen molar-refractivity contribution in [3.63, 3.8) is 0 Å². The minimum atomic E-state index is -1.03. The Labute approximate surface area is 170 Å². The van der Waals surface area contributed by atoms with E-state index in [1.807, 2.05) is 0 Å². The van der Waals surface area contributed by atoms with Gasteiger partial charge >= 0.3 is 17.8 Å². The lowest BCUT2D eigenvalue weighted by atomic mass is 10.2. The molecule has 0 spiro atoms. The number of methoxy groups -OCH3 is 1. The molecule has 0 bridgehead atoms. The first-order valence-electron chi connectivity index (χ1n) is 7.83. The molecule has 0 aliphatic carbocycles. The van der Waals surface area contributed by atoms with E-state index in [1.54, 1.807) is 12.1 Å². The molecule has 0 fully saturated rings. The summed E-state index contributed by atoms with van der Waals surface area (Å²) in [7, 11) is 1.22. The lowest BCUT2D eigenvalue weighted by Crippen LogP contribution is -2.39. The lowest BCUT2D eigenvalue weighted by Gasteiger charge is -2.10. The van der Waals surface area contributed by atoms with Crippen LogP contribution < -0.4 is 16.0 Å². The van der Waals surface area contributed by atoms with Crippen molar-refractivity contribution >= 4 is 58.3 Å². The fourth-order valence-electron chi connectivity index (χ4n) is 2.08. The van der Waals surface area contributed by atoms with Crippen molar-refractivity contribution in [2.24, 2.45) is 0 Å². The zero-order valence-electron chi connectivity index (χ0n) is 14.5. The zero-order valence-corrected chi connectivity index (χ0v) is 16.1. The van der Waals surface area contributed by atoms with Crippen LogP contribution in [0.1, 0.15) is 10.4 Å². The number of amides is 3. The fourth-order valence-corrected chi connectivity index (χ4v) is 2.38. The Hall–Kier alpha value is -3.10. The predicted octanol–water partition coefficient (Wildman–Crippen LogP) is 2.47. The van der Waals surface area contributed by atoms with Gasteiger partial charge < -0.3 is 20.7 Å². The lowest BCUT2D eigenvalue weighted by molar-refractivity contribution is -0.136. The van der Waals surface area contributed by atoms with Gasteiger partial charge in [-0.2, -0.15) is 0 Å². The Morgan fingerprint density at radius 1 is 0.929 bits per heavy atom. The van der Waals surface area contributed by atoms with Gasteiger partial charge in [0.05, 0.1) is 35.0 Å². The van der Waals surface area contributed by atoms with E-state index >= 15 is 0 Å². The third kappa shape index (κ3) is 5.70. The number of para-hydroxylation sites is 1. The minimum Gasteiger partial charge on any atom is -0.465 e. The number of rotatable bonds is 5. The van der Waals surface area contributed by atoms with Crippen molar-refractivity contribution < 1.29 is 23.9 Å². The maximum Gasteiger partial charge on any atom is 0.339 e. The molecule has 0 unspecified atom stereocenters. The van der Waals surface area contributed by atoms with Crippen LogP contribution in [0.3, 0.4) is 0 Å². The third-order valence-corrected chi connectivity index (χ3v) is 4.14. The Morgan fingerprint density at radius 2 is 1.64 bits per heavy atom. The maximum absolute atomic E-state index is 12.0. The number of ether oxygens (including phenoxy) is 1. The highest BCUT2D eigenvalue weighted by molar-refractivity contribution is 6.43. The number of carbonyl (C=O) groups excluding carboxylic acids is 4. The van der Waals surface area contributed by atoms with E-state index in [4.69, 9.17) is 23.2 Å². The molecule has 146 valence electrons. The number of anilines is 2. The first kappa shape index (κ1) is 21.2. The molecule has 2 aromatic carbocycles. The van der Waals surface area contributed by atoms with E-state index in [9.17, 15) is 19.2 Å². The van der Waals surface area contributed by atoms with Gasteiger partial charge in [0.25, 0.3) is 0 Å². The second kappa shape index (κ2) is 9.72. The monoisotopic (exact) mass is 423 g/mol. The second-order valence-corrected chi connectivity index (χ2v) is 6.17. The summed E-state index contributed by atoms with van der Waals surface area (Å²) in [6, 6.07) is 10.5. The fraction of sp³-hybridized carbons (Fsp3) is 0.111. The topological polar surface area (TPSA) is 114 Å². The number of hydrogen-bond donors (Lipinski definition) is 3. The number of hydrogen-bond acceptors (Lipinski definition) is 5. The van der Waals surface area contributed by atoms with Gasteiger partial charge in [-0.15, -0.1) is 0 Å². The molecule has 2 aromatic rings.